The Morgan fingerprint density at radius 2 is 2.08 bits per heavy atom. The molecule has 1 atom stereocenters. The highest BCUT2D eigenvalue weighted by molar-refractivity contribution is 7.12. The van der Waals surface area contributed by atoms with Crippen molar-refractivity contribution < 1.29 is 4.39 Å². The summed E-state index contributed by atoms with van der Waals surface area (Å²) in [4.78, 5) is 4.91. The van der Waals surface area contributed by atoms with Crippen LogP contribution in [0.25, 0.3) is 0 Å². The van der Waals surface area contributed by atoms with Crippen LogP contribution >= 0.6 is 11.3 Å². The van der Waals surface area contributed by atoms with Crippen molar-refractivity contribution in [3.63, 3.8) is 0 Å². The van der Waals surface area contributed by atoms with E-state index in [0.717, 1.165) is 10.7 Å². The van der Waals surface area contributed by atoms with E-state index in [9.17, 15) is 4.39 Å². The van der Waals surface area contributed by atoms with Crippen LogP contribution in [-0.2, 0) is 5.67 Å². The molecule has 2 nitrogen and oxygen atoms in total. The number of aromatic nitrogens is 1. The van der Waals surface area contributed by atoms with Gasteiger partial charge in [-0.05, 0) is 27.7 Å². The third-order valence-corrected chi connectivity index (χ3v) is 3.40. The Kier molecular flexibility index (Phi) is 2.73. The maximum atomic E-state index is 13.6. The van der Waals surface area contributed by atoms with E-state index in [1.165, 1.54) is 11.3 Å². The van der Waals surface area contributed by atoms with E-state index in [2.05, 4.69) is 4.98 Å². The molecule has 1 unspecified atom stereocenters. The van der Waals surface area contributed by atoms with E-state index in [1.807, 2.05) is 13.8 Å². The van der Waals surface area contributed by atoms with E-state index >= 15 is 0 Å². The molecular formula is C9H15FN2S. The minimum atomic E-state index is -1.31. The van der Waals surface area contributed by atoms with Crippen LogP contribution in [0.1, 0.15) is 42.4 Å². The van der Waals surface area contributed by atoms with Gasteiger partial charge in [0.2, 0.25) is 0 Å². The molecule has 0 aliphatic rings. The molecule has 0 aliphatic carbocycles. The van der Waals surface area contributed by atoms with Crippen LogP contribution in [-0.4, -0.2) is 4.98 Å². The fourth-order valence-electron chi connectivity index (χ4n) is 1.16. The molecule has 0 spiro atoms. The SMILES string of the molecule is Cc1nc(C(C)N)sc1C(C)(C)F. The number of halogens is 1. The minimum Gasteiger partial charge on any atom is -0.322 e. The van der Waals surface area contributed by atoms with Gasteiger partial charge in [0.05, 0.1) is 16.6 Å². The van der Waals surface area contributed by atoms with Gasteiger partial charge in [-0.1, -0.05) is 0 Å². The summed E-state index contributed by atoms with van der Waals surface area (Å²) in [6.07, 6.45) is 0. The van der Waals surface area contributed by atoms with Crippen LogP contribution in [0.3, 0.4) is 0 Å². The van der Waals surface area contributed by atoms with Gasteiger partial charge in [0.15, 0.2) is 0 Å². The van der Waals surface area contributed by atoms with Crippen molar-refractivity contribution in [3.05, 3.63) is 15.6 Å². The van der Waals surface area contributed by atoms with Crippen molar-refractivity contribution in [2.24, 2.45) is 5.73 Å². The lowest BCUT2D eigenvalue weighted by Crippen LogP contribution is -2.07. The van der Waals surface area contributed by atoms with E-state index < -0.39 is 5.67 Å². The molecule has 4 heteroatoms. The number of rotatable bonds is 2. The van der Waals surface area contributed by atoms with Gasteiger partial charge < -0.3 is 5.73 Å². The second-order valence-corrected chi connectivity index (χ2v) is 4.76. The Morgan fingerprint density at radius 3 is 2.31 bits per heavy atom. The first-order chi connectivity index (χ1) is 5.82. The van der Waals surface area contributed by atoms with Crippen molar-refractivity contribution >= 4 is 11.3 Å². The highest BCUT2D eigenvalue weighted by Crippen LogP contribution is 2.34. The van der Waals surface area contributed by atoms with Crippen LogP contribution in [0.2, 0.25) is 0 Å². The van der Waals surface area contributed by atoms with E-state index in [1.54, 1.807) is 13.8 Å². The quantitative estimate of drug-likeness (QED) is 0.800. The molecule has 0 saturated carbocycles. The molecule has 0 saturated heterocycles. The fraction of sp³-hybridized carbons (Fsp3) is 0.667. The lowest BCUT2D eigenvalue weighted by molar-refractivity contribution is 0.225. The first-order valence-corrected chi connectivity index (χ1v) is 5.06. The topological polar surface area (TPSA) is 38.9 Å². The predicted octanol–water partition coefficient (Wildman–Crippen LogP) is 2.68. The zero-order chi connectivity index (χ0) is 10.2. The smallest absolute Gasteiger partial charge is 0.141 e. The average molecular weight is 202 g/mol. The molecule has 0 bridgehead atoms. The summed E-state index contributed by atoms with van der Waals surface area (Å²) in [6, 6.07) is -0.111. The van der Waals surface area contributed by atoms with Crippen molar-refractivity contribution in [2.45, 2.75) is 39.4 Å². The number of nitrogens with zero attached hydrogens (tertiary/aromatic N) is 1. The summed E-state index contributed by atoms with van der Waals surface area (Å²) < 4.78 is 13.6. The maximum absolute atomic E-state index is 13.6. The molecule has 1 rings (SSSR count). The molecule has 0 aliphatic heterocycles. The van der Waals surface area contributed by atoms with Crippen molar-refractivity contribution in [3.8, 4) is 0 Å². The predicted molar refractivity (Wildman–Crippen MR) is 53.6 cm³/mol. The summed E-state index contributed by atoms with van der Waals surface area (Å²) in [5.74, 6) is 0. The van der Waals surface area contributed by atoms with Crippen molar-refractivity contribution in [2.75, 3.05) is 0 Å². The average Bonchev–Trinajstić information content (AvgIpc) is 2.29. The van der Waals surface area contributed by atoms with Crippen LogP contribution in [0.15, 0.2) is 0 Å². The molecule has 1 heterocycles. The molecular weight excluding hydrogens is 187 g/mol. The molecule has 1 aromatic heterocycles. The third kappa shape index (κ3) is 2.25. The normalized spacial score (nSPS) is 14.6. The summed E-state index contributed by atoms with van der Waals surface area (Å²) in [6.45, 7) is 6.75. The van der Waals surface area contributed by atoms with Gasteiger partial charge >= 0.3 is 0 Å². The first kappa shape index (κ1) is 10.6. The number of hydrogen-bond donors (Lipinski definition) is 1. The van der Waals surface area contributed by atoms with Gasteiger partial charge in [0.25, 0.3) is 0 Å². The van der Waals surface area contributed by atoms with Crippen LogP contribution in [0, 0.1) is 6.92 Å². The van der Waals surface area contributed by atoms with Crippen LogP contribution < -0.4 is 5.73 Å². The van der Waals surface area contributed by atoms with Crippen LogP contribution in [0.5, 0.6) is 0 Å². The Hall–Kier alpha value is -0.480. The van der Waals surface area contributed by atoms with Gasteiger partial charge in [0.1, 0.15) is 10.7 Å². The Balaban J connectivity index is 3.11. The molecule has 74 valence electrons. The first-order valence-electron chi connectivity index (χ1n) is 4.24. The van der Waals surface area contributed by atoms with Gasteiger partial charge in [0, 0.05) is 0 Å². The monoisotopic (exact) mass is 202 g/mol. The number of thiazole rings is 1. The van der Waals surface area contributed by atoms with Crippen molar-refractivity contribution in [1.29, 1.82) is 0 Å². The number of nitrogens with two attached hydrogens (primary N) is 1. The van der Waals surface area contributed by atoms with Gasteiger partial charge in [-0.25, -0.2) is 9.37 Å². The second-order valence-electron chi connectivity index (χ2n) is 3.73. The van der Waals surface area contributed by atoms with Gasteiger partial charge in [-0.15, -0.1) is 11.3 Å². The molecule has 0 fully saturated rings. The molecule has 2 N–H and O–H groups in total. The van der Waals surface area contributed by atoms with E-state index in [4.69, 9.17) is 5.73 Å². The lowest BCUT2D eigenvalue weighted by Gasteiger charge is -2.11. The standard InChI is InChI=1S/C9H15FN2S/c1-5(11)8-12-6(2)7(13-8)9(3,4)10/h5H,11H2,1-4H3. The minimum absolute atomic E-state index is 0.111. The van der Waals surface area contributed by atoms with E-state index in [-0.39, 0.29) is 6.04 Å². The highest BCUT2D eigenvalue weighted by Gasteiger charge is 2.25. The number of aryl methyl sites for hydroxylation is 1. The molecule has 0 amide bonds. The molecule has 0 radical (unpaired) electrons. The number of hydrogen-bond acceptors (Lipinski definition) is 3. The van der Waals surface area contributed by atoms with Gasteiger partial charge in [-0.2, -0.15) is 0 Å². The zero-order valence-electron chi connectivity index (χ0n) is 8.39. The summed E-state index contributed by atoms with van der Waals surface area (Å²) in [5.41, 5.74) is 5.11. The lowest BCUT2D eigenvalue weighted by atomic mass is 10.1. The molecule has 1 aromatic rings. The zero-order valence-corrected chi connectivity index (χ0v) is 9.20. The summed E-state index contributed by atoms with van der Waals surface area (Å²) in [5, 5.41) is 0.804. The van der Waals surface area contributed by atoms with Gasteiger partial charge in [-0.3, -0.25) is 0 Å². The van der Waals surface area contributed by atoms with E-state index in [0.29, 0.717) is 4.88 Å². The highest BCUT2D eigenvalue weighted by atomic mass is 32.1. The Labute approximate surface area is 82.0 Å². The Morgan fingerprint density at radius 1 is 1.54 bits per heavy atom. The largest absolute Gasteiger partial charge is 0.322 e. The van der Waals surface area contributed by atoms with Crippen molar-refractivity contribution in [1.82, 2.24) is 4.98 Å². The van der Waals surface area contributed by atoms with Crippen LogP contribution in [0.4, 0.5) is 4.39 Å². The molecule has 0 aromatic carbocycles. The molecule has 13 heavy (non-hydrogen) atoms. The third-order valence-electron chi connectivity index (χ3n) is 1.74. The maximum Gasteiger partial charge on any atom is 0.141 e. The Bertz CT molecular complexity index is 299. The fourth-order valence-corrected chi connectivity index (χ4v) is 2.18. The number of alkyl halides is 1. The summed E-state index contributed by atoms with van der Waals surface area (Å²) in [7, 11) is 0. The second kappa shape index (κ2) is 3.35. The summed E-state index contributed by atoms with van der Waals surface area (Å²) >= 11 is 1.36.